The van der Waals surface area contributed by atoms with Crippen molar-refractivity contribution in [3.05, 3.63) is 60.7 Å². The van der Waals surface area contributed by atoms with Crippen LogP contribution < -0.4 is 16.0 Å². The maximum absolute atomic E-state index is 12.9. The number of nitrogens with one attached hydrogen (secondary N) is 1. The number of aliphatic hydroxyl groups is 1. The van der Waals surface area contributed by atoms with E-state index in [0.29, 0.717) is 18.1 Å². The second-order valence-electron chi connectivity index (χ2n) is 6.95. The summed E-state index contributed by atoms with van der Waals surface area (Å²) in [4.78, 5) is 27.7. The number of hydrogen-bond donors (Lipinski definition) is 3. The van der Waals surface area contributed by atoms with Gasteiger partial charge >= 0.3 is 0 Å². The third-order valence-corrected chi connectivity index (χ3v) is 4.85. The fourth-order valence-corrected chi connectivity index (χ4v) is 3.41. The second-order valence-corrected chi connectivity index (χ2v) is 6.95. The lowest BCUT2D eigenvalue weighted by Crippen LogP contribution is -2.38. The number of β-amino-alcohol motifs (C(OH)–C–C–N with tert-alkyl or cyclic N) is 1. The molecule has 4 N–H and O–H groups in total. The molecule has 3 heterocycles. The molecule has 2 aromatic heterocycles. The van der Waals surface area contributed by atoms with Gasteiger partial charge in [0.1, 0.15) is 0 Å². The van der Waals surface area contributed by atoms with Crippen LogP contribution in [-0.4, -0.2) is 45.2 Å². The van der Waals surface area contributed by atoms with Crippen LogP contribution in [0.1, 0.15) is 23.3 Å². The Hall–Kier alpha value is -3.52. The van der Waals surface area contributed by atoms with Crippen LogP contribution in [-0.2, 0) is 0 Å². The number of benzene rings is 1. The highest BCUT2D eigenvalue weighted by Crippen LogP contribution is 2.28. The summed E-state index contributed by atoms with van der Waals surface area (Å²) in [6, 6.07) is 11.2. The van der Waals surface area contributed by atoms with Crippen molar-refractivity contribution < 1.29 is 9.90 Å². The van der Waals surface area contributed by atoms with Gasteiger partial charge in [-0.3, -0.25) is 9.78 Å². The number of rotatable bonds is 4. The first-order valence-corrected chi connectivity index (χ1v) is 9.48. The van der Waals surface area contributed by atoms with Crippen molar-refractivity contribution in [2.75, 3.05) is 29.0 Å². The number of carbonyl (C=O) groups is 1. The minimum Gasteiger partial charge on any atom is -0.396 e. The van der Waals surface area contributed by atoms with E-state index in [1.807, 2.05) is 41.3 Å². The van der Waals surface area contributed by atoms with Crippen molar-refractivity contribution in [1.29, 1.82) is 0 Å². The Labute approximate surface area is 168 Å². The van der Waals surface area contributed by atoms with Gasteiger partial charge in [0.05, 0.1) is 35.6 Å². The number of anilines is 3. The van der Waals surface area contributed by atoms with E-state index in [0.717, 1.165) is 30.6 Å². The SMILES string of the molecule is Nc1cnc(-c2ccccc2)nc1C(=O)Nc1cnccc1N1CCC[C@H](O)C1. The number of piperidine rings is 1. The number of nitrogen functional groups attached to an aromatic ring is 1. The third kappa shape index (κ3) is 4.17. The molecule has 8 heteroatoms. The molecule has 3 aromatic rings. The van der Waals surface area contributed by atoms with Gasteiger partial charge in [-0.1, -0.05) is 30.3 Å². The minimum absolute atomic E-state index is 0.104. The van der Waals surface area contributed by atoms with Crippen molar-refractivity contribution in [2.24, 2.45) is 0 Å². The molecule has 1 saturated heterocycles. The van der Waals surface area contributed by atoms with Gasteiger partial charge in [-0.15, -0.1) is 0 Å². The van der Waals surface area contributed by atoms with E-state index in [1.54, 1.807) is 12.4 Å². The van der Waals surface area contributed by atoms with Crippen LogP contribution in [0.25, 0.3) is 11.4 Å². The van der Waals surface area contributed by atoms with Crippen molar-refractivity contribution >= 4 is 23.0 Å². The molecule has 1 aromatic carbocycles. The highest BCUT2D eigenvalue weighted by molar-refractivity contribution is 6.07. The van der Waals surface area contributed by atoms with E-state index in [1.165, 1.54) is 6.20 Å². The lowest BCUT2D eigenvalue weighted by molar-refractivity contribution is 0.102. The summed E-state index contributed by atoms with van der Waals surface area (Å²) in [5.41, 5.74) is 8.43. The summed E-state index contributed by atoms with van der Waals surface area (Å²) in [5, 5.41) is 12.9. The molecule has 29 heavy (non-hydrogen) atoms. The predicted molar refractivity (Wildman–Crippen MR) is 112 cm³/mol. The summed E-state index contributed by atoms with van der Waals surface area (Å²) in [7, 11) is 0. The van der Waals surface area contributed by atoms with Gasteiger partial charge in [0, 0.05) is 24.8 Å². The zero-order valence-corrected chi connectivity index (χ0v) is 15.8. The zero-order chi connectivity index (χ0) is 20.2. The number of amides is 1. The Kier molecular flexibility index (Phi) is 5.35. The fourth-order valence-electron chi connectivity index (χ4n) is 3.41. The molecular weight excluding hydrogens is 368 g/mol. The monoisotopic (exact) mass is 390 g/mol. The maximum atomic E-state index is 12.9. The number of nitrogens with two attached hydrogens (primary N) is 1. The number of carbonyl (C=O) groups excluding carboxylic acids is 1. The first kappa shape index (κ1) is 18.8. The van der Waals surface area contributed by atoms with E-state index in [4.69, 9.17) is 5.73 Å². The fraction of sp³-hybridized carbons (Fsp3) is 0.238. The number of nitrogens with zero attached hydrogens (tertiary/aromatic N) is 4. The molecule has 0 aliphatic carbocycles. The van der Waals surface area contributed by atoms with E-state index >= 15 is 0 Å². The third-order valence-electron chi connectivity index (χ3n) is 4.85. The molecule has 0 bridgehead atoms. The normalized spacial score (nSPS) is 16.4. The van der Waals surface area contributed by atoms with Crippen LogP contribution in [0.2, 0.25) is 0 Å². The van der Waals surface area contributed by atoms with Crippen molar-refractivity contribution in [2.45, 2.75) is 18.9 Å². The molecule has 0 spiro atoms. The van der Waals surface area contributed by atoms with Gasteiger partial charge < -0.3 is 21.1 Å². The van der Waals surface area contributed by atoms with E-state index in [-0.39, 0.29) is 17.5 Å². The van der Waals surface area contributed by atoms with E-state index < -0.39 is 5.91 Å². The van der Waals surface area contributed by atoms with Gasteiger partial charge in [-0.2, -0.15) is 0 Å². The highest BCUT2D eigenvalue weighted by Gasteiger charge is 2.22. The molecule has 1 amide bonds. The first-order valence-electron chi connectivity index (χ1n) is 9.48. The molecule has 0 saturated carbocycles. The Bertz CT molecular complexity index is 1010. The average molecular weight is 390 g/mol. The lowest BCUT2D eigenvalue weighted by Gasteiger charge is -2.33. The molecule has 0 unspecified atom stereocenters. The first-order chi connectivity index (χ1) is 14.1. The molecule has 148 valence electrons. The van der Waals surface area contributed by atoms with Crippen molar-refractivity contribution in [1.82, 2.24) is 15.0 Å². The molecule has 1 atom stereocenters. The number of hydrogen-bond acceptors (Lipinski definition) is 7. The van der Waals surface area contributed by atoms with Crippen molar-refractivity contribution in [3.8, 4) is 11.4 Å². The van der Waals surface area contributed by atoms with Crippen LogP contribution in [0.4, 0.5) is 17.1 Å². The smallest absolute Gasteiger partial charge is 0.276 e. The summed E-state index contributed by atoms with van der Waals surface area (Å²) in [6.45, 7) is 1.32. The average Bonchev–Trinajstić information content (AvgIpc) is 2.75. The largest absolute Gasteiger partial charge is 0.396 e. The van der Waals surface area contributed by atoms with Gasteiger partial charge in [0.15, 0.2) is 11.5 Å². The van der Waals surface area contributed by atoms with Gasteiger partial charge in [0.2, 0.25) is 0 Å². The molecule has 0 radical (unpaired) electrons. The molecular formula is C21H22N6O2. The minimum atomic E-state index is -0.436. The number of pyridine rings is 1. The topological polar surface area (TPSA) is 117 Å². The van der Waals surface area contributed by atoms with Crippen LogP contribution in [0, 0.1) is 0 Å². The molecule has 4 rings (SSSR count). The molecule has 1 fully saturated rings. The quantitative estimate of drug-likeness (QED) is 0.626. The summed E-state index contributed by atoms with van der Waals surface area (Å²) < 4.78 is 0. The molecule has 1 aliphatic heterocycles. The summed E-state index contributed by atoms with van der Waals surface area (Å²) in [6.07, 6.45) is 5.97. The second kappa shape index (κ2) is 8.24. The van der Waals surface area contributed by atoms with Gasteiger partial charge in [0.25, 0.3) is 5.91 Å². The Balaban J connectivity index is 1.61. The standard InChI is InChI=1S/C21H22N6O2/c22-16-11-24-20(14-5-2-1-3-6-14)26-19(16)21(29)25-17-12-23-9-8-18(17)27-10-4-7-15(28)13-27/h1-3,5-6,8-9,11-12,15,28H,4,7,10,13,22H2,(H,25,29)/t15-/m0/s1. The van der Waals surface area contributed by atoms with E-state index in [2.05, 4.69) is 20.3 Å². The molecule has 1 aliphatic rings. The van der Waals surface area contributed by atoms with Gasteiger partial charge in [-0.05, 0) is 18.9 Å². The zero-order valence-electron chi connectivity index (χ0n) is 15.8. The van der Waals surface area contributed by atoms with Crippen molar-refractivity contribution in [3.63, 3.8) is 0 Å². The highest BCUT2D eigenvalue weighted by atomic mass is 16.3. The van der Waals surface area contributed by atoms with Crippen LogP contribution in [0.3, 0.4) is 0 Å². The number of aromatic nitrogens is 3. The van der Waals surface area contributed by atoms with Crippen LogP contribution in [0.5, 0.6) is 0 Å². The predicted octanol–water partition coefficient (Wildman–Crippen LogP) is 2.33. The van der Waals surface area contributed by atoms with Crippen LogP contribution in [0.15, 0.2) is 55.0 Å². The maximum Gasteiger partial charge on any atom is 0.276 e. The Morgan fingerprint density at radius 2 is 2.03 bits per heavy atom. The molecule has 8 nitrogen and oxygen atoms in total. The lowest BCUT2D eigenvalue weighted by atomic mass is 10.1. The Morgan fingerprint density at radius 1 is 1.21 bits per heavy atom. The summed E-state index contributed by atoms with van der Waals surface area (Å²) in [5.74, 6) is -0.00981. The van der Waals surface area contributed by atoms with Crippen LogP contribution >= 0.6 is 0 Å². The van der Waals surface area contributed by atoms with Gasteiger partial charge in [-0.25, -0.2) is 9.97 Å². The number of aliphatic hydroxyl groups excluding tert-OH is 1. The Morgan fingerprint density at radius 3 is 2.83 bits per heavy atom. The van der Waals surface area contributed by atoms with E-state index in [9.17, 15) is 9.90 Å². The summed E-state index contributed by atoms with van der Waals surface area (Å²) >= 11 is 0.